The van der Waals surface area contributed by atoms with Gasteiger partial charge in [0.1, 0.15) is 0 Å². The Morgan fingerprint density at radius 2 is 1.91 bits per heavy atom. The topological polar surface area (TPSA) is 64.1 Å². The van der Waals surface area contributed by atoms with Crippen molar-refractivity contribution in [2.45, 2.75) is 32.7 Å². The summed E-state index contributed by atoms with van der Waals surface area (Å²) in [5.74, 6) is 1.59. The molecular weight excluding hydrogens is 278 g/mol. The molecule has 0 aliphatic rings. The van der Waals surface area contributed by atoms with E-state index in [9.17, 15) is 0 Å². The van der Waals surface area contributed by atoms with Crippen LogP contribution < -0.4 is 5.32 Å². The second kappa shape index (κ2) is 5.67. The van der Waals surface area contributed by atoms with Crippen molar-refractivity contribution in [2.24, 2.45) is 0 Å². The van der Waals surface area contributed by atoms with Crippen LogP contribution >= 0.6 is 0 Å². The van der Waals surface area contributed by atoms with Crippen molar-refractivity contribution < 1.29 is 8.94 Å². The molecule has 0 saturated carbocycles. The van der Waals surface area contributed by atoms with E-state index in [-0.39, 0.29) is 5.41 Å². The predicted molar refractivity (Wildman–Crippen MR) is 84.5 cm³/mol. The molecule has 5 heteroatoms. The Morgan fingerprint density at radius 3 is 2.64 bits per heavy atom. The average molecular weight is 297 g/mol. The molecule has 0 fully saturated rings. The van der Waals surface area contributed by atoms with Gasteiger partial charge in [-0.1, -0.05) is 44.1 Å². The van der Waals surface area contributed by atoms with Crippen molar-refractivity contribution in [3.05, 3.63) is 54.1 Å². The van der Waals surface area contributed by atoms with Gasteiger partial charge in [-0.3, -0.25) is 0 Å². The van der Waals surface area contributed by atoms with Gasteiger partial charge in [-0.25, -0.2) is 0 Å². The second-order valence-electron chi connectivity index (χ2n) is 6.14. The van der Waals surface area contributed by atoms with Gasteiger partial charge in [0.25, 0.3) is 0 Å². The summed E-state index contributed by atoms with van der Waals surface area (Å²) in [7, 11) is 0. The van der Waals surface area contributed by atoms with Crippen LogP contribution in [0.15, 0.2) is 51.6 Å². The minimum Gasteiger partial charge on any atom is -0.461 e. The Morgan fingerprint density at radius 1 is 1.09 bits per heavy atom. The molecule has 22 heavy (non-hydrogen) atoms. The largest absolute Gasteiger partial charge is 0.461 e. The number of hydrogen-bond acceptors (Lipinski definition) is 5. The van der Waals surface area contributed by atoms with E-state index in [0.29, 0.717) is 24.0 Å². The molecule has 0 radical (unpaired) electrons. The van der Waals surface area contributed by atoms with Gasteiger partial charge in [-0.05, 0) is 29.2 Å². The van der Waals surface area contributed by atoms with E-state index in [1.807, 2.05) is 12.1 Å². The lowest BCUT2D eigenvalue weighted by molar-refractivity contribution is 0.382. The summed E-state index contributed by atoms with van der Waals surface area (Å²) in [6.45, 7) is 7.04. The van der Waals surface area contributed by atoms with E-state index in [1.54, 1.807) is 18.4 Å². The highest BCUT2D eigenvalue weighted by Gasteiger charge is 2.18. The summed E-state index contributed by atoms with van der Waals surface area (Å²) in [4.78, 5) is 4.33. The molecule has 0 unspecified atom stereocenters. The Labute approximate surface area is 129 Å². The first-order valence-corrected chi connectivity index (χ1v) is 7.24. The van der Waals surface area contributed by atoms with E-state index in [1.165, 1.54) is 5.56 Å². The average Bonchev–Trinajstić information content (AvgIpc) is 3.15. The van der Waals surface area contributed by atoms with E-state index in [0.717, 1.165) is 5.69 Å². The molecule has 2 heterocycles. The fourth-order valence-corrected chi connectivity index (χ4v) is 2.29. The molecule has 0 saturated heterocycles. The van der Waals surface area contributed by atoms with Gasteiger partial charge >= 0.3 is 0 Å². The fraction of sp³-hybridized carbons (Fsp3) is 0.294. The number of furan rings is 1. The zero-order chi connectivity index (χ0) is 15.6. The molecule has 0 bridgehead atoms. The lowest BCUT2D eigenvalue weighted by atomic mass is 9.86. The molecule has 3 rings (SSSR count). The van der Waals surface area contributed by atoms with Crippen LogP contribution in [0.4, 0.5) is 5.69 Å². The summed E-state index contributed by atoms with van der Waals surface area (Å²) in [6.07, 6.45) is 1.59. The van der Waals surface area contributed by atoms with Gasteiger partial charge in [0.15, 0.2) is 5.76 Å². The summed E-state index contributed by atoms with van der Waals surface area (Å²) in [6, 6.07) is 11.8. The van der Waals surface area contributed by atoms with Crippen molar-refractivity contribution in [3.63, 3.8) is 0 Å². The lowest BCUT2D eigenvalue weighted by Crippen LogP contribution is -2.14. The van der Waals surface area contributed by atoms with Crippen LogP contribution in [0.3, 0.4) is 0 Å². The minimum absolute atomic E-state index is 0.0672. The molecule has 0 spiro atoms. The van der Waals surface area contributed by atoms with Crippen LogP contribution in [0.5, 0.6) is 0 Å². The van der Waals surface area contributed by atoms with Crippen molar-refractivity contribution >= 4 is 5.69 Å². The third-order valence-electron chi connectivity index (χ3n) is 3.37. The van der Waals surface area contributed by atoms with Gasteiger partial charge in [-0.15, -0.1) is 0 Å². The fourth-order valence-electron chi connectivity index (χ4n) is 2.29. The number of nitrogens with zero attached hydrogens (tertiary/aromatic N) is 2. The maximum Gasteiger partial charge on any atom is 0.246 e. The second-order valence-corrected chi connectivity index (χ2v) is 6.14. The first-order chi connectivity index (χ1) is 10.5. The highest BCUT2D eigenvalue weighted by Crippen LogP contribution is 2.29. The number of hydrogen-bond donors (Lipinski definition) is 1. The van der Waals surface area contributed by atoms with Crippen molar-refractivity contribution in [1.29, 1.82) is 0 Å². The van der Waals surface area contributed by atoms with Crippen LogP contribution in [-0.2, 0) is 12.0 Å². The third-order valence-corrected chi connectivity index (χ3v) is 3.37. The third kappa shape index (κ3) is 3.03. The first kappa shape index (κ1) is 14.4. The highest BCUT2D eigenvalue weighted by atomic mass is 16.5. The van der Waals surface area contributed by atoms with E-state index < -0.39 is 0 Å². The number of nitrogens with one attached hydrogen (secondary N) is 1. The minimum atomic E-state index is 0.0672. The molecule has 3 aromatic rings. The first-order valence-electron chi connectivity index (χ1n) is 7.24. The van der Waals surface area contributed by atoms with E-state index >= 15 is 0 Å². The molecule has 0 aliphatic carbocycles. The maximum atomic E-state index is 5.25. The van der Waals surface area contributed by atoms with Gasteiger partial charge in [0, 0.05) is 5.69 Å². The Bertz CT molecular complexity index is 739. The lowest BCUT2D eigenvalue weighted by Gasteiger charge is -2.23. The number of aromatic nitrogens is 2. The summed E-state index contributed by atoms with van der Waals surface area (Å²) in [5, 5.41) is 7.29. The Balaban J connectivity index is 1.74. The zero-order valence-electron chi connectivity index (χ0n) is 13.0. The maximum absolute atomic E-state index is 5.25. The van der Waals surface area contributed by atoms with Crippen LogP contribution in [0.1, 0.15) is 32.2 Å². The predicted octanol–water partition coefficient (Wildman–Crippen LogP) is 4.24. The number of anilines is 1. The Kier molecular flexibility index (Phi) is 3.71. The molecular formula is C17H19N3O2. The molecule has 0 aliphatic heterocycles. The normalized spacial score (nSPS) is 11.6. The van der Waals surface area contributed by atoms with Crippen LogP contribution in [0, 0.1) is 0 Å². The molecule has 1 N–H and O–H groups in total. The zero-order valence-corrected chi connectivity index (χ0v) is 13.0. The van der Waals surface area contributed by atoms with E-state index in [2.05, 4.69) is 48.4 Å². The SMILES string of the molecule is CC(C)(C)c1ccccc1NCc1nc(-c2ccco2)no1. The molecule has 2 aromatic heterocycles. The smallest absolute Gasteiger partial charge is 0.246 e. The number of rotatable bonds is 4. The van der Waals surface area contributed by atoms with Gasteiger partial charge in [0.05, 0.1) is 12.8 Å². The van der Waals surface area contributed by atoms with Gasteiger partial charge < -0.3 is 14.3 Å². The highest BCUT2D eigenvalue weighted by molar-refractivity contribution is 5.54. The van der Waals surface area contributed by atoms with E-state index in [4.69, 9.17) is 8.94 Å². The summed E-state index contributed by atoms with van der Waals surface area (Å²) < 4.78 is 10.5. The number of para-hydroxylation sites is 1. The molecule has 5 nitrogen and oxygen atoms in total. The quantitative estimate of drug-likeness (QED) is 0.780. The van der Waals surface area contributed by atoms with Crippen LogP contribution in [-0.4, -0.2) is 10.1 Å². The Hall–Kier alpha value is -2.56. The summed E-state index contributed by atoms with van der Waals surface area (Å²) >= 11 is 0. The molecule has 114 valence electrons. The van der Waals surface area contributed by atoms with Crippen molar-refractivity contribution in [1.82, 2.24) is 10.1 Å². The molecule has 1 aromatic carbocycles. The summed E-state index contributed by atoms with van der Waals surface area (Å²) in [5.41, 5.74) is 2.39. The van der Waals surface area contributed by atoms with Crippen LogP contribution in [0.2, 0.25) is 0 Å². The molecule has 0 amide bonds. The molecule has 0 atom stereocenters. The standard InChI is InChI=1S/C17H19N3O2/c1-17(2,3)12-7-4-5-8-13(12)18-11-15-19-16(20-22-15)14-9-6-10-21-14/h4-10,18H,11H2,1-3H3. The van der Waals surface area contributed by atoms with Gasteiger partial charge in [-0.2, -0.15) is 4.98 Å². The monoisotopic (exact) mass is 297 g/mol. The van der Waals surface area contributed by atoms with Crippen molar-refractivity contribution in [2.75, 3.05) is 5.32 Å². The number of benzene rings is 1. The van der Waals surface area contributed by atoms with Crippen LogP contribution in [0.25, 0.3) is 11.6 Å². The van der Waals surface area contributed by atoms with Gasteiger partial charge in [0.2, 0.25) is 11.7 Å². The van der Waals surface area contributed by atoms with Crippen molar-refractivity contribution in [3.8, 4) is 11.6 Å².